The fraction of sp³-hybridized carbons (Fsp3) is 0.364. The van der Waals surface area contributed by atoms with E-state index in [2.05, 4.69) is 5.32 Å². The van der Waals surface area contributed by atoms with E-state index in [-0.39, 0.29) is 30.5 Å². The lowest BCUT2D eigenvalue weighted by Gasteiger charge is -2.31. The molecule has 0 atom stereocenters. The molecule has 0 aliphatic carbocycles. The molecule has 1 N–H and O–H groups in total. The first-order chi connectivity index (χ1) is 14.1. The number of halogens is 1. The molecule has 0 aromatic heterocycles. The highest BCUT2D eigenvalue weighted by molar-refractivity contribution is 5.97. The first-order valence-corrected chi connectivity index (χ1v) is 9.75. The van der Waals surface area contributed by atoms with Gasteiger partial charge in [0.1, 0.15) is 18.2 Å². The number of nitrogens with one attached hydrogen (secondary N) is 1. The first kappa shape index (κ1) is 20.6. The standard InChI is InChI=1S/C22H25FN2O4/c1-2-28-22(27)25-13-11-18(12-14-25)24-21(26)19-5-3-4-6-20(19)29-15-16-7-9-17(23)10-8-16/h3-10,18H,2,11-15H2,1H3,(H,24,26). The lowest BCUT2D eigenvalue weighted by Crippen LogP contribution is -2.46. The van der Waals surface area contributed by atoms with Crippen LogP contribution in [0.15, 0.2) is 48.5 Å². The van der Waals surface area contributed by atoms with Crippen LogP contribution in [0.4, 0.5) is 9.18 Å². The smallest absolute Gasteiger partial charge is 0.409 e. The van der Waals surface area contributed by atoms with Crippen LogP contribution in [0, 0.1) is 5.82 Å². The van der Waals surface area contributed by atoms with E-state index in [0.29, 0.717) is 43.9 Å². The van der Waals surface area contributed by atoms with Crippen molar-refractivity contribution in [2.45, 2.75) is 32.4 Å². The number of rotatable bonds is 6. The van der Waals surface area contributed by atoms with E-state index in [0.717, 1.165) is 5.56 Å². The van der Waals surface area contributed by atoms with Gasteiger partial charge >= 0.3 is 6.09 Å². The Morgan fingerprint density at radius 1 is 1.10 bits per heavy atom. The van der Waals surface area contributed by atoms with Crippen LogP contribution in [0.25, 0.3) is 0 Å². The van der Waals surface area contributed by atoms with Crippen molar-refractivity contribution in [2.75, 3.05) is 19.7 Å². The quantitative estimate of drug-likeness (QED) is 0.802. The summed E-state index contributed by atoms with van der Waals surface area (Å²) in [5, 5.41) is 3.03. The molecular formula is C22H25FN2O4. The van der Waals surface area contributed by atoms with Crippen molar-refractivity contribution in [3.8, 4) is 5.75 Å². The molecule has 0 spiro atoms. The van der Waals surface area contributed by atoms with Crippen LogP contribution in [0.1, 0.15) is 35.7 Å². The molecule has 2 amide bonds. The lowest BCUT2D eigenvalue weighted by atomic mass is 10.0. The number of carbonyl (C=O) groups is 2. The molecule has 0 saturated carbocycles. The van der Waals surface area contributed by atoms with Gasteiger partial charge in [-0.3, -0.25) is 4.79 Å². The molecule has 2 aromatic carbocycles. The maximum atomic E-state index is 13.0. The fourth-order valence-electron chi connectivity index (χ4n) is 3.21. The van der Waals surface area contributed by atoms with Crippen molar-refractivity contribution in [3.05, 3.63) is 65.5 Å². The van der Waals surface area contributed by atoms with E-state index in [9.17, 15) is 14.0 Å². The van der Waals surface area contributed by atoms with Crippen LogP contribution in [-0.4, -0.2) is 42.6 Å². The summed E-state index contributed by atoms with van der Waals surface area (Å²) in [7, 11) is 0. The van der Waals surface area contributed by atoms with Crippen LogP contribution in [0.3, 0.4) is 0 Å². The Balaban J connectivity index is 1.56. The number of nitrogens with zero attached hydrogens (tertiary/aromatic N) is 1. The zero-order valence-corrected chi connectivity index (χ0v) is 16.4. The van der Waals surface area contributed by atoms with Gasteiger partial charge < -0.3 is 19.7 Å². The molecule has 2 aromatic rings. The highest BCUT2D eigenvalue weighted by Gasteiger charge is 2.25. The second-order valence-corrected chi connectivity index (χ2v) is 6.85. The van der Waals surface area contributed by atoms with Crippen molar-refractivity contribution in [1.29, 1.82) is 0 Å². The van der Waals surface area contributed by atoms with Gasteiger partial charge in [-0.1, -0.05) is 24.3 Å². The van der Waals surface area contributed by atoms with E-state index in [4.69, 9.17) is 9.47 Å². The molecule has 3 rings (SSSR count). The highest BCUT2D eigenvalue weighted by atomic mass is 19.1. The summed E-state index contributed by atoms with van der Waals surface area (Å²) >= 11 is 0. The zero-order valence-electron chi connectivity index (χ0n) is 16.4. The van der Waals surface area contributed by atoms with Crippen LogP contribution >= 0.6 is 0 Å². The summed E-state index contributed by atoms with van der Waals surface area (Å²) < 4.78 is 23.8. The van der Waals surface area contributed by atoms with E-state index in [1.807, 2.05) is 0 Å². The van der Waals surface area contributed by atoms with Gasteiger partial charge in [-0.15, -0.1) is 0 Å². The molecule has 7 heteroatoms. The highest BCUT2D eigenvalue weighted by Crippen LogP contribution is 2.21. The Labute approximate surface area is 169 Å². The molecule has 0 unspecified atom stereocenters. The predicted molar refractivity (Wildman–Crippen MR) is 106 cm³/mol. The Morgan fingerprint density at radius 3 is 2.48 bits per heavy atom. The van der Waals surface area contributed by atoms with E-state index in [1.54, 1.807) is 48.2 Å². The fourth-order valence-corrected chi connectivity index (χ4v) is 3.21. The predicted octanol–water partition coefficient (Wildman–Crippen LogP) is 3.76. The van der Waals surface area contributed by atoms with Crippen molar-refractivity contribution in [1.82, 2.24) is 10.2 Å². The number of hydrogen-bond acceptors (Lipinski definition) is 4. The SMILES string of the molecule is CCOC(=O)N1CCC(NC(=O)c2ccccc2OCc2ccc(F)cc2)CC1. The molecule has 1 saturated heterocycles. The molecule has 1 heterocycles. The maximum absolute atomic E-state index is 13.0. The number of benzene rings is 2. The van der Waals surface area contributed by atoms with Crippen LogP contribution in [0.2, 0.25) is 0 Å². The van der Waals surface area contributed by atoms with Crippen molar-refractivity contribution in [2.24, 2.45) is 0 Å². The molecule has 0 radical (unpaired) electrons. The Kier molecular flexibility index (Phi) is 7.05. The molecule has 6 nitrogen and oxygen atoms in total. The second-order valence-electron chi connectivity index (χ2n) is 6.85. The van der Waals surface area contributed by atoms with E-state index in [1.165, 1.54) is 12.1 Å². The van der Waals surface area contributed by atoms with Gasteiger partial charge in [0.05, 0.1) is 12.2 Å². The van der Waals surface area contributed by atoms with Crippen LogP contribution in [-0.2, 0) is 11.3 Å². The Morgan fingerprint density at radius 2 is 1.79 bits per heavy atom. The summed E-state index contributed by atoms with van der Waals surface area (Å²) in [6.07, 6.45) is 1.03. The topological polar surface area (TPSA) is 67.9 Å². The molecule has 154 valence electrons. The lowest BCUT2D eigenvalue weighted by molar-refractivity contribution is 0.0857. The largest absolute Gasteiger partial charge is 0.488 e. The average molecular weight is 400 g/mol. The first-order valence-electron chi connectivity index (χ1n) is 9.75. The minimum Gasteiger partial charge on any atom is -0.488 e. The zero-order chi connectivity index (χ0) is 20.6. The molecular weight excluding hydrogens is 375 g/mol. The van der Waals surface area contributed by atoms with Gasteiger partial charge in [0, 0.05) is 19.1 Å². The van der Waals surface area contributed by atoms with Gasteiger partial charge in [-0.25, -0.2) is 9.18 Å². The average Bonchev–Trinajstić information content (AvgIpc) is 2.74. The van der Waals surface area contributed by atoms with Gasteiger partial charge in [-0.2, -0.15) is 0 Å². The summed E-state index contributed by atoms with van der Waals surface area (Å²) in [5.41, 5.74) is 1.26. The molecule has 29 heavy (non-hydrogen) atoms. The second kappa shape index (κ2) is 9.91. The van der Waals surface area contributed by atoms with Gasteiger partial charge in [-0.05, 0) is 49.6 Å². The number of amides is 2. The summed E-state index contributed by atoms with van der Waals surface area (Å²) in [4.78, 5) is 26.2. The summed E-state index contributed by atoms with van der Waals surface area (Å²) in [6, 6.07) is 13.1. The van der Waals surface area contributed by atoms with E-state index < -0.39 is 0 Å². The van der Waals surface area contributed by atoms with Crippen molar-refractivity contribution >= 4 is 12.0 Å². The monoisotopic (exact) mass is 400 g/mol. The third kappa shape index (κ3) is 5.70. The number of ether oxygens (including phenoxy) is 2. The van der Waals surface area contributed by atoms with Crippen molar-refractivity contribution in [3.63, 3.8) is 0 Å². The summed E-state index contributed by atoms with van der Waals surface area (Å²) in [5.74, 6) is -0.0462. The minimum absolute atomic E-state index is 0.0154. The number of piperidine rings is 1. The van der Waals surface area contributed by atoms with Gasteiger partial charge in [0.2, 0.25) is 0 Å². The van der Waals surface area contributed by atoms with E-state index >= 15 is 0 Å². The maximum Gasteiger partial charge on any atom is 0.409 e. The molecule has 1 aliphatic rings. The normalized spacial score (nSPS) is 14.3. The van der Waals surface area contributed by atoms with Gasteiger partial charge in [0.25, 0.3) is 5.91 Å². The Bertz CT molecular complexity index is 833. The van der Waals surface area contributed by atoms with Gasteiger partial charge in [0.15, 0.2) is 0 Å². The van der Waals surface area contributed by atoms with Crippen molar-refractivity contribution < 1.29 is 23.5 Å². The Hall–Kier alpha value is -3.09. The molecule has 1 aliphatic heterocycles. The number of carbonyl (C=O) groups excluding carboxylic acids is 2. The number of hydrogen-bond donors (Lipinski definition) is 1. The molecule has 0 bridgehead atoms. The third-order valence-electron chi connectivity index (χ3n) is 4.80. The number of para-hydroxylation sites is 1. The molecule has 1 fully saturated rings. The third-order valence-corrected chi connectivity index (χ3v) is 4.80. The van der Waals surface area contributed by atoms with Crippen LogP contribution < -0.4 is 10.1 Å². The minimum atomic E-state index is -0.309. The number of likely N-dealkylation sites (tertiary alicyclic amines) is 1. The van der Waals surface area contributed by atoms with Crippen LogP contribution in [0.5, 0.6) is 5.75 Å². The summed E-state index contributed by atoms with van der Waals surface area (Å²) in [6.45, 7) is 3.46.